The van der Waals surface area contributed by atoms with Crippen LogP contribution in [-0.4, -0.2) is 105 Å². The number of nitrogens with one attached hydrogen (secondary N) is 1. The van der Waals surface area contributed by atoms with E-state index < -0.39 is 0 Å². The summed E-state index contributed by atoms with van der Waals surface area (Å²) in [7, 11) is 0. The van der Waals surface area contributed by atoms with Crippen LogP contribution < -0.4 is 5.32 Å². The van der Waals surface area contributed by atoms with Crippen LogP contribution in [0.2, 0.25) is 0 Å². The highest BCUT2D eigenvalue weighted by Gasteiger charge is 2.24. The van der Waals surface area contributed by atoms with E-state index in [1.165, 1.54) is 0 Å². The SMILES string of the molecule is CCOC(=O)N1CCN(C(=O)CNCCN2CCOCC2)CC1. The largest absolute Gasteiger partial charge is 0.450 e. The Bertz CT molecular complexity index is 380. The maximum Gasteiger partial charge on any atom is 0.409 e. The minimum Gasteiger partial charge on any atom is -0.450 e. The van der Waals surface area contributed by atoms with Crippen LogP contribution in [0.1, 0.15) is 6.92 Å². The molecular formula is C15H28N4O4. The van der Waals surface area contributed by atoms with Gasteiger partial charge in [-0.3, -0.25) is 9.69 Å². The summed E-state index contributed by atoms with van der Waals surface area (Å²) in [5, 5.41) is 3.21. The van der Waals surface area contributed by atoms with Crippen LogP contribution >= 0.6 is 0 Å². The molecule has 0 unspecified atom stereocenters. The van der Waals surface area contributed by atoms with Crippen molar-refractivity contribution in [1.82, 2.24) is 20.0 Å². The standard InChI is InChI=1S/C15H28N4O4/c1-2-23-15(21)19-7-5-18(6-8-19)14(20)13-16-3-4-17-9-11-22-12-10-17/h16H,2-13H2,1H3. The van der Waals surface area contributed by atoms with Gasteiger partial charge in [0.25, 0.3) is 0 Å². The number of nitrogens with zero attached hydrogens (tertiary/aromatic N) is 3. The predicted molar refractivity (Wildman–Crippen MR) is 85.3 cm³/mol. The molecule has 0 radical (unpaired) electrons. The topological polar surface area (TPSA) is 74.4 Å². The summed E-state index contributed by atoms with van der Waals surface area (Å²) in [6, 6.07) is 0. The van der Waals surface area contributed by atoms with Gasteiger partial charge in [-0.2, -0.15) is 0 Å². The molecule has 132 valence electrons. The molecule has 2 heterocycles. The van der Waals surface area contributed by atoms with E-state index in [0.29, 0.717) is 39.3 Å². The van der Waals surface area contributed by atoms with Gasteiger partial charge in [-0.1, -0.05) is 0 Å². The molecule has 0 spiro atoms. The summed E-state index contributed by atoms with van der Waals surface area (Å²) in [5.41, 5.74) is 0. The Kier molecular flexibility index (Phi) is 7.57. The van der Waals surface area contributed by atoms with Crippen molar-refractivity contribution in [1.29, 1.82) is 0 Å². The second-order valence-corrected chi connectivity index (χ2v) is 5.70. The lowest BCUT2D eigenvalue weighted by atomic mass is 10.3. The van der Waals surface area contributed by atoms with Crippen LogP contribution in [0.4, 0.5) is 4.79 Å². The number of carbonyl (C=O) groups excluding carboxylic acids is 2. The summed E-state index contributed by atoms with van der Waals surface area (Å²) in [5.74, 6) is 0.0930. The molecule has 8 heteroatoms. The first-order valence-electron chi connectivity index (χ1n) is 8.41. The van der Waals surface area contributed by atoms with E-state index in [1.54, 1.807) is 16.7 Å². The van der Waals surface area contributed by atoms with Crippen LogP contribution in [-0.2, 0) is 14.3 Å². The van der Waals surface area contributed by atoms with Crippen LogP contribution in [0.15, 0.2) is 0 Å². The smallest absolute Gasteiger partial charge is 0.409 e. The normalized spacial score (nSPS) is 19.7. The summed E-state index contributed by atoms with van der Waals surface area (Å²) in [6.07, 6.45) is -0.289. The lowest BCUT2D eigenvalue weighted by Gasteiger charge is -2.34. The lowest BCUT2D eigenvalue weighted by molar-refractivity contribution is -0.131. The fourth-order valence-corrected chi connectivity index (χ4v) is 2.72. The van der Waals surface area contributed by atoms with Crippen LogP contribution in [0.5, 0.6) is 0 Å². The van der Waals surface area contributed by atoms with Crippen LogP contribution in [0, 0.1) is 0 Å². The quantitative estimate of drug-likeness (QED) is 0.644. The minimum atomic E-state index is -0.289. The van der Waals surface area contributed by atoms with Crippen molar-refractivity contribution in [3.05, 3.63) is 0 Å². The Labute approximate surface area is 137 Å². The fraction of sp³-hybridized carbons (Fsp3) is 0.867. The molecule has 0 atom stereocenters. The van der Waals surface area contributed by atoms with Crippen molar-refractivity contribution >= 4 is 12.0 Å². The number of hydrogen-bond donors (Lipinski definition) is 1. The van der Waals surface area contributed by atoms with Gasteiger partial charge in [0.2, 0.25) is 5.91 Å². The van der Waals surface area contributed by atoms with E-state index in [9.17, 15) is 9.59 Å². The van der Waals surface area contributed by atoms with E-state index >= 15 is 0 Å². The lowest BCUT2D eigenvalue weighted by Crippen LogP contribution is -2.52. The molecule has 0 aromatic rings. The Hall–Kier alpha value is -1.38. The molecule has 0 aromatic carbocycles. The highest BCUT2D eigenvalue weighted by molar-refractivity contribution is 5.78. The van der Waals surface area contributed by atoms with Crippen molar-refractivity contribution in [3.63, 3.8) is 0 Å². The molecule has 0 aromatic heterocycles. The summed E-state index contributed by atoms with van der Waals surface area (Å²) in [4.78, 5) is 29.5. The number of piperazine rings is 1. The third-order valence-electron chi connectivity index (χ3n) is 4.14. The summed E-state index contributed by atoms with van der Waals surface area (Å²) < 4.78 is 10.3. The first kappa shape index (κ1) is 18.0. The van der Waals surface area contributed by atoms with Crippen molar-refractivity contribution in [2.75, 3.05) is 78.7 Å². The van der Waals surface area contributed by atoms with E-state index in [1.807, 2.05) is 0 Å². The minimum absolute atomic E-state index is 0.0930. The molecule has 2 aliphatic rings. The summed E-state index contributed by atoms with van der Waals surface area (Å²) >= 11 is 0. The number of hydrogen-bond acceptors (Lipinski definition) is 6. The molecule has 23 heavy (non-hydrogen) atoms. The molecular weight excluding hydrogens is 300 g/mol. The van der Waals surface area contributed by atoms with Gasteiger partial charge in [0.05, 0.1) is 26.4 Å². The molecule has 2 amide bonds. The molecule has 8 nitrogen and oxygen atoms in total. The third kappa shape index (κ3) is 5.96. The zero-order chi connectivity index (χ0) is 16.5. The molecule has 2 fully saturated rings. The molecule has 2 rings (SSSR count). The van der Waals surface area contributed by atoms with Gasteiger partial charge in [0.15, 0.2) is 0 Å². The van der Waals surface area contributed by atoms with Gasteiger partial charge in [0.1, 0.15) is 0 Å². The Morgan fingerprint density at radius 2 is 1.70 bits per heavy atom. The number of rotatable bonds is 6. The number of morpholine rings is 1. The third-order valence-corrected chi connectivity index (χ3v) is 4.14. The first-order valence-corrected chi connectivity index (χ1v) is 8.41. The molecule has 2 aliphatic heterocycles. The average molecular weight is 328 g/mol. The molecule has 1 N–H and O–H groups in total. The van der Waals surface area contributed by atoms with Crippen molar-refractivity contribution in [2.45, 2.75) is 6.92 Å². The highest BCUT2D eigenvalue weighted by Crippen LogP contribution is 2.04. The maximum atomic E-state index is 12.1. The van der Waals surface area contributed by atoms with Gasteiger partial charge in [0, 0.05) is 52.4 Å². The fourth-order valence-electron chi connectivity index (χ4n) is 2.72. The molecule has 2 saturated heterocycles. The Morgan fingerprint density at radius 1 is 1.04 bits per heavy atom. The van der Waals surface area contributed by atoms with E-state index in [2.05, 4.69) is 10.2 Å². The second kappa shape index (κ2) is 9.69. The average Bonchev–Trinajstić information content (AvgIpc) is 2.60. The zero-order valence-electron chi connectivity index (χ0n) is 14.0. The highest BCUT2D eigenvalue weighted by atomic mass is 16.6. The van der Waals surface area contributed by atoms with Crippen LogP contribution in [0.25, 0.3) is 0 Å². The van der Waals surface area contributed by atoms with Gasteiger partial charge in [-0.05, 0) is 6.92 Å². The zero-order valence-corrected chi connectivity index (χ0v) is 14.0. The number of ether oxygens (including phenoxy) is 2. The number of carbonyl (C=O) groups is 2. The Balaban J connectivity index is 1.56. The van der Waals surface area contributed by atoms with E-state index in [0.717, 1.165) is 39.4 Å². The van der Waals surface area contributed by atoms with Crippen molar-refractivity contribution in [2.24, 2.45) is 0 Å². The predicted octanol–water partition coefficient (Wildman–Crippen LogP) is -0.791. The second-order valence-electron chi connectivity index (χ2n) is 5.70. The molecule has 0 saturated carbocycles. The van der Waals surface area contributed by atoms with Crippen LogP contribution in [0.3, 0.4) is 0 Å². The Morgan fingerprint density at radius 3 is 2.35 bits per heavy atom. The molecule has 0 bridgehead atoms. The monoisotopic (exact) mass is 328 g/mol. The molecule has 0 aliphatic carbocycles. The van der Waals surface area contributed by atoms with Crippen molar-refractivity contribution < 1.29 is 19.1 Å². The van der Waals surface area contributed by atoms with Gasteiger partial charge in [-0.15, -0.1) is 0 Å². The summed E-state index contributed by atoms with van der Waals surface area (Å²) in [6.45, 7) is 10.0. The van der Waals surface area contributed by atoms with E-state index in [4.69, 9.17) is 9.47 Å². The van der Waals surface area contributed by atoms with Gasteiger partial charge >= 0.3 is 6.09 Å². The van der Waals surface area contributed by atoms with Gasteiger partial charge < -0.3 is 24.6 Å². The van der Waals surface area contributed by atoms with Gasteiger partial charge in [-0.25, -0.2) is 4.79 Å². The number of amides is 2. The van der Waals surface area contributed by atoms with Crippen molar-refractivity contribution in [3.8, 4) is 0 Å². The first-order chi connectivity index (χ1) is 11.2. The maximum absolute atomic E-state index is 12.1. The van der Waals surface area contributed by atoms with E-state index in [-0.39, 0.29) is 12.0 Å².